The Bertz CT molecular complexity index is 678. The number of nitrogens with zero attached hydrogens (tertiary/aromatic N) is 2. The summed E-state index contributed by atoms with van der Waals surface area (Å²) < 4.78 is 34.0. The van der Waals surface area contributed by atoms with Crippen LogP contribution in [0.2, 0.25) is 0 Å². The van der Waals surface area contributed by atoms with Crippen molar-refractivity contribution >= 4 is 10.0 Å². The van der Waals surface area contributed by atoms with Crippen LogP contribution in [0.1, 0.15) is 51.2 Å². The van der Waals surface area contributed by atoms with Gasteiger partial charge in [-0.2, -0.15) is 4.31 Å². The van der Waals surface area contributed by atoms with E-state index in [0.29, 0.717) is 30.3 Å². The molecule has 0 atom stereocenters. The fourth-order valence-electron chi connectivity index (χ4n) is 3.25. The number of piperazine rings is 1. The third-order valence-electron chi connectivity index (χ3n) is 4.81. The minimum atomic E-state index is -3.55. The first-order chi connectivity index (χ1) is 11.8. The van der Waals surface area contributed by atoms with E-state index in [2.05, 4.69) is 25.7 Å². The van der Waals surface area contributed by atoms with Crippen molar-refractivity contribution in [3.8, 4) is 5.75 Å². The van der Waals surface area contributed by atoms with E-state index in [9.17, 15) is 8.42 Å². The van der Waals surface area contributed by atoms with Gasteiger partial charge in [0.2, 0.25) is 10.0 Å². The standard InChI is InChI=1S/C19H32N2O3S/c1-6-12-24-18-13-16(5)17(15(3)4)14-19(18)25(22,23)21-10-8-20(7-2)9-11-21/h13-15H,6-12H2,1-5H3. The number of benzene rings is 1. The summed E-state index contributed by atoms with van der Waals surface area (Å²) in [6.07, 6.45) is 0.847. The number of aryl methyl sites for hydroxylation is 1. The second-order valence-corrected chi connectivity index (χ2v) is 8.90. The number of rotatable bonds is 7. The number of ether oxygens (including phenoxy) is 1. The Balaban J connectivity index is 2.41. The molecule has 0 unspecified atom stereocenters. The average molecular weight is 369 g/mol. The van der Waals surface area contributed by atoms with Gasteiger partial charge in [-0.15, -0.1) is 0 Å². The number of sulfonamides is 1. The summed E-state index contributed by atoms with van der Waals surface area (Å²) in [5, 5.41) is 0. The zero-order valence-electron chi connectivity index (χ0n) is 16.2. The predicted molar refractivity (Wildman–Crippen MR) is 102 cm³/mol. The lowest BCUT2D eigenvalue weighted by Gasteiger charge is -2.33. The van der Waals surface area contributed by atoms with Crippen molar-refractivity contribution in [3.63, 3.8) is 0 Å². The zero-order chi connectivity index (χ0) is 18.6. The molecule has 1 saturated heterocycles. The van der Waals surface area contributed by atoms with E-state index in [4.69, 9.17) is 4.74 Å². The maximum atomic E-state index is 13.3. The summed E-state index contributed by atoms with van der Waals surface area (Å²) in [5.74, 6) is 0.757. The highest BCUT2D eigenvalue weighted by Gasteiger charge is 2.31. The molecular weight excluding hydrogens is 336 g/mol. The van der Waals surface area contributed by atoms with Crippen LogP contribution < -0.4 is 4.74 Å². The topological polar surface area (TPSA) is 49.9 Å². The number of likely N-dealkylation sites (N-methyl/N-ethyl adjacent to an activating group) is 1. The first-order valence-electron chi connectivity index (χ1n) is 9.31. The van der Waals surface area contributed by atoms with Gasteiger partial charge in [0.05, 0.1) is 6.61 Å². The van der Waals surface area contributed by atoms with E-state index >= 15 is 0 Å². The number of hydrogen-bond donors (Lipinski definition) is 0. The maximum absolute atomic E-state index is 13.3. The molecule has 6 heteroatoms. The molecule has 5 nitrogen and oxygen atoms in total. The molecule has 0 saturated carbocycles. The van der Waals surface area contributed by atoms with Crippen LogP contribution in [-0.2, 0) is 10.0 Å². The molecule has 142 valence electrons. The summed E-state index contributed by atoms with van der Waals surface area (Å²) in [6.45, 7) is 14.4. The fraction of sp³-hybridized carbons (Fsp3) is 0.684. The molecule has 0 spiro atoms. The molecule has 1 fully saturated rings. The van der Waals surface area contributed by atoms with Crippen molar-refractivity contribution in [2.45, 2.75) is 51.9 Å². The Morgan fingerprint density at radius 1 is 1.12 bits per heavy atom. The molecule has 2 rings (SSSR count). The number of hydrogen-bond acceptors (Lipinski definition) is 4. The van der Waals surface area contributed by atoms with Gasteiger partial charge in [0.1, 0.15) is 10.6 Å². The van der Waals surface area contributed by atoms with Gasteiger partial charge in [-0.1, -0.05) is 27.7 Å². The normalized spacial score (nSPS) is 17.2. The summed E-state index contributed by atoms with van der Waals surface area (Å²) >= 11 is 0. The van der Waals surface area contributed by atoms with E-state index in [1.54, 1.807) is 4.31 Å². The highest BCUT2D eigenvalue weighted by atomic mass is 32.2. The molecule has 0 aromatic heterocycles. The Hall–Kier alpha value is -1.11. The quantitative estimate of drug-likeness (QED) is 0.741. The van der Waals surface area contributed by atoms with Crippen molar-refractivity contribution in [3.05, 3.63) is 23.3 Å². The van der Waals surface area contributed by atoms with Gasteiger partial charge in [0.25, 0.3) is 0 Å². The lowest BCUT2D eigenvalue weighted by Crippen LogP contribution is -2.48. The molecule has 1 aromatic rings. The van der Waals surface area contributed by atoms with E-state index in [0.717, 1.165) is 37.2 Å². The molecular formula is C19H32N2O3S. The maximum Gasteiger partial charge on any atom is 0.246 e. The largest absolute Gasteiger partial charge is 0.492 e. The lowest BCUT2D eigenvalue weighted by molar-refractivity contribution is 0.196. The van der Waals surface area contributed by atoms with E-state index in [1.165, 1.54) is 0 Å². The molecule has 1 aromatic carbocycles. The summed E-state index contributed by atoms with van der Waals surface area (Å²) in [4.78, 5) is 2.59. The van der Waals surface area contributed by atoms with Crippen molar-refractivity contribution in [2.24, 2.45) is 0 Å². The van der Waals surface area contributed by atoms with Gasteiger partial charge in [0, 0.05) is 26.2 Å². The van der Waals surface area contributed by atoms with Crippen LogP contribution in [-0.4, -0.2) is 57.0 Å². The van der Waals surface area contributed by atoms with Gasteiger partial charge in [-0.3, -0.25) is 0 Å². The smallest absolute Gasteiger partial charge is 0.246 e. The SMILES string of the molecule is CCCOc1cc(C)c(C(C)C)cc1S(=O)(=O)N1CCN(CC)CC1. The van der Waals surface area contributed by atoms with Crippen LogP contribution in [0, 0.1) is 6.92 Å². The molecule has 1 aliphatic rings. The molecule has 25 heavy (non-hydrogen) atoms. The first-order valence-corrected chi connectivity index (χ1v) is 10.7. The third-order valence-corrected chi connectivity index (χ3v) is 6.73. The van der Waals surface area contributed by atoms with Crippen molar-refractivity contribution in [2.75, 3.05) is 39.3 Å². The second-order valence-electron chi connectivity index (χ2n) is 7.00. The monoisotopic (exact) mass is 368 g/mol. The van der Waals surface area contributed by atoms with Gasteiger partial charge in [0.15, 0.2) is 0 Å². The zero-order valence-corrected chi connectivity index (χ0v) is 17.0. The molecule has 0 amide bonds. The molecule has 0 radical (unpaired) electrons. The summed E-state index contributed by atoms with van der Waals surface area (Å²) in [7, 11) is -3.55. The predicted octanol–water partition coefficient (Wildman–Crippen LogP) is 3.23. The van der Waals surface area contributed by atoms with Crippen molar-refractivity contribution < 1.29 is 13.2 Å². The molecule has 1 aliphatic heterocycles. The van der Waals surface area contributed by atoms with E-state index in [-0.39, 0.29) is 5.92 Å². The van der Waals surface area contributed by atoms with Crippen LogP contribution in [0.25, 0.3) is 0 Å². The van der Waals surface area contributed by atoms with Crippen LogP contribution in [0.4, 0.5) is 0 Å². The Kier molecular flexibility index (Phi) is 6.88. The van der Waals surface area contributed by atoms with Gasteiger partial charge >= 0.3 is 0 Å². The summed E-state index contributed by atoms with van der Waals surface area (Å²) in [6, 6.07) is 3.71. The minimum absolute atomic E-state index is 0.270. The molecule has 1 heterocycles. The minimum Gasteiger partial charge on any atom is -0.492 e. The summed E-state index contributed by atoms with van der Waals surface area (Å²) in [5.41, 5.74) is 2.14. The van der Waals surface area contributed by atoms with Gasteiger partial charge in [-0.05, 0) is 49.1 Å². The Morgan fingerprint density at radius 3 is 2.28 bits per heavy atom. The first kappa shape index (κ1) is 20.2. The van der Waals surface area contributed by atoms with Crippen LogP contribution >= 0.6 is 0 Å². The van der Waals surface area contributed by atoms with Crippen LogP contribution in [0.3, 0.4) is 0 Å². The molecule has 0 bridgehead atoms. The van der Waals surface area contributed by atoms with Crippen LogP contribution in [0.5, 0.6) is 5.75 Å². The highest BCUT2D eigenvalue weighted by molar-refractivity contribution is 7.89. The molecule has 0 N–H and O–H groups in total. The second kappa shape index (κ2) is 8.52. The Labute approximate surface area is 153 Å². The van der Waals surface area contributed by atoms with Gasteiger partial charge < -0.3 is 9.64 Å². The van der Waals surface area contributed by atoms with E-state index in [1.807, 2.05) is 26.0 Å². The molecule has 0 aliphatic carbocycles. The highest BCUT2D eigenvalue weighted by Crippen LogP contribution is 2.33. The third kappa shape index (κ3) is 4.54. The average Bonchev–Trinajstić information content (AvgIpc) is 2.59. The van der Waals surface area contributed by atoms with Crippen molar-refractivity contribution in [1.29, 1.82) is 0 Å². The van der Waals surface area contributed by atoms with Crippen LogP contribution in [0.15, 0.2) is 17.0 Å². The fourth-order valence-corrected chi connectivity index (χ4v) is 4.82. The Morgan fingerprint density at radius 2 is 1.76 bits per heavy atom. The lowest BCUT2D eigenvalue weighted by atomic mass is 9.98. The van der Waals surface area contributed by atoms with Crippen molar-refractivity contribution in [1.82, 2.24) is 9.21 Å². The van der Waals surface area contributed by atoms with E-state index < -0.39 is 10.0 Å². The van der Waals surface area contributed by atoms with Gasteiger partial charge in [-0.25, -0.2) is 8.42 Å².